The average molecular weight is 308 g/mol. The molecule has 0 saturated carbocycles. The van der Waals surface area contributed by atoms with Crippen LogP contribution in [-0.2, 0) is 9.59 Å². The van der Waals surface area contributed by atoms with Crippen LogP contribution in [0.15, 0.2) is 28.7 Å². The van der Waals surface area contributed by atoms with Crippen LogP contribution in [0.1, 0.15) is 26.3 Å². The van der Waals surface area contributed by atoms with Gasteiger partial charge in [0.2, 0.25) is 0 Å². The van der Waals surface area contributed by atoms with Crippen LogP contribution in [0.25, 0.3) is 5.57 Å². The molecule has 0 unspecified atom stereocenters. The predicted molar refractivity (Wildman–Crippen MR) is 75.2 cm³/mol. The molecule has 1 aromatic carbocycles. The molecule has 1 aromatic rings. The first-order chi connectivity index (χ1) is 8.29. The largest absolute Gasteiger partial charge is 0.321 e. The summed E-state index contributed by atoms with van der Waals surface area (Å²) in [6.45, 7) is 5.50. The van der Waals surface area contributed by atoms with Crippen LogP contribution < -0.4 is 5.32 Å². The number of nitrogens with one attached hydrogen (secondary N) is 1. The summed E-state index contributed by atoms with van der Waals surface area (Å²) in [7, 11) is 0. The summed E-state index contributed by atoms with van der Waals surface area (Å²) in [5, 5.41) is 2.75. The van der Waals surface area contributed by atoms with Gasteiger partial charge < -0.3 is 5.32 Å². The topological polar surface area (TPSA) is 46.2 Å². The number of ketones is 1. The standard InChI is InChI=1S/C14H14BrNO2/c1-14(2,3)12(17)7-10-9-6-8(15)4-5-11(9)16-13(10)18/h4-7H,1-3H3,(H,16,18)/b10-7-. The minimum Gasteiger partial charge on any atom is -0.321 e. The Kier molecular flexibility index (Phi) is 3.15. The summed E-state index contributed by atoms with van der Waals surface area (Å²) < 4.78 is 0.881. The Morgan fingerprint density at radius 2 is 2.00 bits per heavy atom. The van der Waals surface area contributed by atoms with Crippen LogP contribution in [0.5, 0.6) is 0 Å². The minimum absolute atomic E-state index is 0.0551. The van der Waals surface area contributed by atoms with Crippen molar-refractivity contribution < 1.29 is 9.59 Å². The molecule has 3 nitrogen and oxygen atoms in total. The normalized spacial score (nSPS) is 16.7. The number of carbonyl (C=O) groups is 2. The lowest BCUT2D eigenvalue weighted by Crippen LogP contribution is -2.18. The van der Waals surface area contributed by atoms with Gasteiger partial charge in [-0.3, -0.25) is 9.59 Å². The number of anilines is 1. The molecule has 0 radical (unpaired) electrons. The van der Waals surface area contributed by atoms with Crippen LogP contribution in [-0.4, -0.2) is 11.7 Å². The van der Waals surface area contributed by atoms with Crippen molar-refractivity contribution in [2.24, 2.45) is 5.41 Å². The first kappa shape index (κ1) is 13.0. The van der Waals surface area contributed by atoms with Gasteiger partial charge in [-0.05, 0) is 24.3 Å². The number of rotatable bonds is 1. The van der Waals surface area contributed by atoms with E-state index in [4.69, 9.17) is 0 Å². The maximum atomic E-state index is 12.0. The van der Waals surface area contributed by atoms with E-state index in [1.165, 1.54) is 6.08 Å². The van der Waals surface area contributed by atoms with Crippen molar-refractivity contribution in [1.29, 1.82) is 0 Å². The van der Waals surface area contributed by atoms with Crippen LogP contribution in [0.3, 0.4) is 0 Å². The minimum atomic E-state index is -0.484. The lowest BCUT2D eigenvalue weighted by atomic mass is 9.89. The third kappa shape index (κ3) is 2.38. The number of amides is 1. The number of allylic oxidation sites excluding steroid dienone is 1. The molecule has 0 aliphatic carbocycles. The van der Waals surface area contributed by atoms with E-state index < -0.39 is 5.41 Å². The Bertz CT molecular complexity index is 568. The van der Waals surface area contributed by atoms with E-state index in [0.717, 1.165) is 15.7 Å². The highest BCUT2D eigenvalue weighted by molar-refractivity contribution is 9.10. The van der Waals surface area contributed by atoms with Crippen molar-refractivity contribution in [1.82, 2.24) is 0 Å². The van der Waals surface area contributed by atoms with Crippen molar-refractivity contribution in [3.8, 4) is 0 Å². The molecule has 4 heteroatoms. The molecule has 0 aromatic heterocycles. The van der Waals surface area contributed by atoms with Crippen molar-refractivity contribution in [3.05, 3.63) is 34.3 Å². The Balaban J connectivity index is 2.48. The van der Waals surface area contributed by atoms with Crippen molar-refractivity contribution in [2.45, 2.75) is 20.8 Å². The summed E-state index contributed by atoms with van der Waals surface area (Å²) >= 11 is 3.37. The van der Waals surface area contributed by atoms with E-state index in [9.17, 15) is 9.59 Å². The molecule has 0 atom stereocenters. The van der Waals surface area contributed by atoms with Gasteiger partial charge in [0.25, 0.3) is 5.91 Å². The molecule has 94 valence electrons. The van der Waals surface area contributed by atoms with E-state index in [1.54, 1.807) is 0 Å². The first-order valence-corrected chi connectivity index (χ1v) is 6.46. The second-order valence-electron chi connectivity index (χ2n) is 5.32. The highest BCUT2D eigenvalue weighted by Gasteiger charge is 2.27. The SMILES string of the molecule is CC(C)(C)C(=O)/C=C1\C(=O)Nc2ccc(Br)cc21. The van der Waals surface area contributed by atoms with Gasteiger partial charge in [-0.25, -0.2) is 0 Å². The molecule has 18 heavy (non-hydrogen) atoms. The molecule has 0 fully saturated rings. The number of halogens is 1. The first-order valence-electron chi connectivity index (χ1n) is 5.66. The summed E-state index contributed by atoms with van der Waals surface area (Å²) in [6, 6.07) is 5.52. The fourth-order valence-electron chi connectivity index (χ4n) is 1.65. The summed E-state index contributed by atoms with van der Waals surface area (Å²) in [5.74, 6) is -0.277. The zero-order valence-electron chi connectivity index (χ0n) is 10.5. The molecule has 0 saturated heterocycles. The van der Waals surface area contributed by atoms with Crippen molar-refractivity contribution in [2.75, 3.05) is 5.32 Å². The van der Waals surface area contributed by atoms with Gasteiger partial charge in [0.15, 0.2) is 5.78 Å². The lowest BCUT2D eigenvalue weighted by molar-refractivity contribution is -0.121. The zero-order valence-corrected chi connectivity index (χ0v) is 12.1. The predicted octanol–water partition coefficient (Wildman–Crippen LogP) is 3.40. The fourth-order valence-corrected chi connectivity index (χ4v) is 2.01. The van der Waals surface area contributed by atoms with E-state index in [-0.39, 0.29) is 11.7 Å². The highest BCUT2D eigenvalue weighted by Crippen LogP contribution is 2.34. The molecule has 2 rings (SSSR count). The monoisotopic (exact) mass is 307 g/mol. The average Bonchev–Trinajstić information content (AvgIpc) is 2.54. The van der Waals surface area contributed by atoms with Gasteiger partial charge in [-0.1, -0.05) is 36.7 Å². The summed E-state index contributed by atoms with van der Waals surface area (Å²) in [6.07, 6.45) is 1.44. The molecule has 1 heterocycles. The van der Waals surface area contributed by atoms with E-state index in [2.05, 4.69) is 21.2 Å². The Labute approximate surface area is 114 Å². The smallest absolute Gasteiger partial charge is 0.256 e. The van der Waals surface area contributed by atoms with Gasteiger partial charge in [-0.2, -0.15) is 0 Å². The Morgan fingerprint density at radius 3 is 2.61 bits per heavy atom. The van der Waals surface area contributed by atoms with Crippen molar-refractivity contribution in [3.63, 3.8) is 0 Å². The zero-order chi connectivity index (χ0) is 13.5. The Morgan fingerprint density at radius 1 is 1.33 bits per heavy atom. The highest BCUT2D eigenvalue weighted by atomic mass is 79.9. The molecule has 1 amide bonds. The number of hydrogen-bond donors (Lipinski definition) is 1. The van der Waals surface area contributed by atoms with Gasteiger partial charge in [0.1, 0.15) is 0 Å². The molecule has 0 bridgehead atoms. The fraction of sp³-hybridized carbons (Fsp3) is 0.286. The quantitative estimate of drug-likeness (QED) is 0.808. The van der Waals surface area contributed by atoms with Crippen molar-refractivity contribution >= 4 is 38.9 Å². The van der Waals surface area contributed by atoms with E-state index in [0.29, 0.717) is 5.57 Å². The molecule has 1 aliphatic rings. The third-order valence-electron chi connectivity index (χ3n) is 2.78. The number of fused-ring (bicyclic) bond motifs is 1. The van der Waals surface area contributed by atoms with Gasteiger partial charge in [0, 0.05) is 21.1 Å². The van der Waals surface area contributed by atoms with Gasteiger partial charge >= 0.3 is 0 Å². The summed E-state index contributed by atoms with van der Waals surface area (Å²) in [4.78, 5) is 23.9. The number of carbonyl (C=O) groups excluding carboxylic acids is 2. The number of benzene rings is 1. The number of hydrogen-bond acceptors (Lipinski definition) is 2. The van der Waals surface area contributed by atoms with Crippen LogP contribution in [0.2, 0.25) is 0 Å². The van der Waals surface area contributed by atoms with Crippen LogP contribution in [0.4, 0.5) is 5.69 Å². The second-order valence-corrected chi connectivity index (χ2v) is 6.23. The maximum Gasteiger partial charge on any atom is 0.256 e. The van der Waals surface area contributed by atoms with E-state index in [1.807, 2.05) is 39.0 Å². The van der Waals surface area contributed by atoms with Crippen LogP contribution >= 0.6 is 15.9 Å². The summed E-state index contributed by atoms with van der Waals surface area (Å²) in [5.41, 5.74) is 1.47. The molecule has 0 spiro atoms. The lowest BCUT2D eigenvalue weighted by Gasteiger charge is -2.13. The molecule has 1 aliphatic heterocycles. The molecule has 1 N–H and O–H groups in total. The van der Waals surface area contributed by atoms with Gasteiger partial charge in [-0.15, -0.1) is 0 Å². The third-order valence-corrected chi connectivity index (χ3v) is 3.27. The molecular weight excluding hydrogens is 294 g/mol. The molecular formula is C14H14BrNO2. The van der Waals surface area contributed by atoms with E-state index >= 15 is 0 Å². The van der Waals surface area contributed by atoms with Gasteiger partial charge in [0.05, 0.1) is 5.57 Å². The second kappa shape index (κ2) is 4.35. The van der Waals surface area contributed by atoms with Crippen LogP contribution in [0, 0.1) is 5.41 Å². The Hall–Kier alpha value is -1.42. The maximum absolute atomic E-state index is 12.0.